The molecule has 2 amide bonds. The standard InChI is InChI=1S/C22H28N4O3/c1-15(13-26-12-11-23-16(26)2)20(27)25-17-7-9-22(10-8-17)14-24-21(28)18-5-3-4-6-19(18)29-22/h3-6,11-12,15,17H,7-10,13-14H2,1-2H3,(H,24,28)(H,25,27). The number of nitrogens with zero attached hydrogens (tertiary/aromatic N) is 2. The molecule has 2 aliphatic rings. The molecule has 1 unspecified atom stereocenters. The van der Waals surface area contributed by atoms with Crippen LogP contribution in [-0.2, 0) is 11.3 Å². The van der Waals surface area contributed by atoms with Crippen LogP contribution in [0.3, 0.4) is 0 Å². The van der Waals surface area contributed by atoms with E-state index >= 15 is 0 Å². The summed E-state index contributed by atoms with van der Waals surface area (Å²) in [6.07, 6.45) is 6.91. The highest BCUT2D eigenvalue weighted by Crippen LogP contribution is 2.36. The average Bonchev–Trinajstić information content (AvgIpc) is 3.06. The summed E-state index contributed by atoms with van der Waals surface area (Å²) in [4.78, 5) is 29.2. The fraction of sp³-hybridized carbons (Fsp3) is 0.500. The van der Waals surface area contributed by atoms with Gasteiger partial charge in [-0.3, -0.25) is 9.59 Å². The van der Waals surface area contributed by atoms with Gasteiger partial charge in [-0.15, -0.1) is 0 Å². The van der Waals surface area contributed by atoms with E-state index in [-0.39, 0.29) is 23.8 Å². The molecule has 1 atom stereocenters. The minimum atomic E-state index is -0.400. The zero-order valence-corrected chi connectivity index (χ0v) is 17.0. The van der Waals surface area contributed by atoms with E-state index in [2.05, 4.69) is 15.6 Å². The molecule has 2 aromatic rings. The monoisotopic (exact) mass is 396 g/mol. The quantitative estimate of drug-likeness (QED) is 0.831. The van der Waals surface area contributed by atoms with E-state index in [0.717, 1.165) is 31.5 Å². The van der Waals surface area contributed by atoms with Crippen LogP contribution in [0.15, 0.2) is 36.7 Å². The Labute approximate surface area is 170 Å². The first-order valence-electron chi connectivity index (χ1n) is 10.3. The van der Waals surface area contributed by atoms with Crippen LogP contribution in [0.4, 0.5) is 0 Å². The molecule has 1 fully saturated rings. The summed E-state index contributed by atoms with van der Waals surface area (Å²) in [5.74, 6) is 1.42. The number of imidazole rings is 1. The second kappa shape index (κ2) is 7.89. The summed E-state index contributed by atoms with van der Waals surface area (Å²) in [5.41, 5.74) is 0.187. The molecule has 2 heterocycles. The third-order valence-corrected chi connectivity index (χ3v) is 6.11. The van der Waals surface area contributed by atoms with Gasteiger partial charge in [0, 0.05) is 25.0 Å². The van der Waals surface area contributed by atoms with Crippen molar-refractivity contribution in [2.75, 3.05) is 6.54 Å². The Kier molecular flexibility index (Phi) is 5.30. The Morgan fingerprint density at radius 1 is 1.38 bits per heavy atom. The zero-order valence-electron chi connectivity index (χ0n) is 17.0. The Morgan fingerprint density at radius 2 is 2.14 bits per heavy atom. The first-order valence-corrected chi connectivity index (χ1v) is 10.3. The Balaban J connectivity index is 1.34. The van der Waals surface area contributed by atoms with Crippen LogP contribution >= 0.6 is 0 Å². The van der Waals surface area contributed by atoms with Crippen molar-refractivity contribution in [3.63, 3.8) is 0 Å². The number of rotatable bonds is 4. The van der Waals surface area contributed by atoms with Crippen LogP contribution in [0.2, 0.25) is 0 Å². The molecule has 2 N–H and O–H groups in total. The summed E-state index contributed by atoms with van der Waals surface area (Å²) in [7, 11) is 0. The number of para-hydroxylation sites is 1. The number of aromatic nitrogens is 2. The summed E-state index contributed by atoms with van der Waals surface area (Å²) in [6, 6.07) is 7.52. The summed E-state index contributed by atoms with van der Waals surface area (Å²) in [6.45, 7) is 5.01. The molecule has 1 aromatic heterocycles. The second-order valence-electron chi connectivity index (χ2n) is 8.27. The predicted octanol–water partition coefficient (Wildman–Crippen LogP) is 2.45. The van der Waals surface area contributed by atoms with E-state index in [1.54, 1.807) is 12.3 Å². The van der Waals surface area contributed by atoms with Crippen LogP contribution < -0.4 is 15.4 Å². The van der Waals surface area contributed by atoms with Crippen LogP contribution in [0, 0.1) is 12.8 Å². The topological polar surface area (TPSA) is 85.3 Å². The maximum Gasteiger partial charge on any atom is 0.255 e. The van der Waals surface area contributed by atoms with Crippen LogP contribution in [-0.4, -0.2) is 39.6 Å². The number of carbonyl (C=O) groups excluding carboxylic acids is 2. The van der Waals surface area contributed by atoms with Gasteiger partial charge in [0.25, 0.3) is 5.91 Å². The lowest BCUT2D eigenvalue weighted by atomic mass is 9.81. The molecule has 7 nitrogen and oxygen atoms in total. The fourth-order valence-electron chi connectivity index (χ4n) is 4.23. The number of nitrogens with one attached hydrogen (secondary N) is 2. The second-order valence-corrected chi connectivity index (χ2v) is 8.27. The number of hydrogen-bond donors (Lipinski definition) is 2. The highest BCUT2D eigenvalue weighted by molar-refractivity contribution is 5.97. The summed E-state index contributed by atoms with van der Waals surface area (Å²) < 4.78 is 8.33. The minimum absolute atomic E-state index is 0.0690. The SMILES string of the molecule is Cc1nccn1CC(C)C(=O)NC1CCC2(CC1)CNC(=O)c1ccccc1O2. The van der Waals surface area contributed by atoms with Crippen LogP contribution in [0.1, 0.15) is 48.8 Å². The smallest absolute Gasteiger partial charge is 0.255 e. The van der Waals surface area contributed by atoms with Crippen molar-refractivity contribution in [2.45, 2.75) is 57.7 Å². The number of fused-ring (bicyclic) bond motifs is 1. The van der Waals surface area contributed by atoms with Crippen molar-refractivity contribution in [3.8, 4) is 5.75 Å². The van der Waals surface area contributed by atoms with Gasteiger partial charge in [-0.25, -0.2) is 4.98 Å². The third kappa shape index (κ3) is 4.13. The highest BCUT2D eigenvalue weighted by atomic mass is 16.5. The molecule has 1 saturated carbocycles. The third-order valence-electron chi connectivity index (χ3n) is 6.11. The lowest BCUT2D eigenvalue weighted by Gasteiger charge is -2.39. The molecule has 0 radical (unpaired) electrons. The Bertz CT molecular complexity index is 899. The first kappa shape index (κ1) is 19.5. The van der Waals surface area contributed by atoms with Gasteiger partial charge in [-0.05, 0) is 44.7 Å². The van der Waals surface area contributed by atoms with Crippen molar-refractivity contribution >= 4 is 11.8 Å². The van der Waals surface area contributed by atoms with Crippen molar-refractivity contribution in [3.05, 3.63) is 48.0 Å². The van der Waals surface area contributed by atoms with E-state index in [9.17, 15) is 9.59 Å². The largest absolute Gasteiger partial charge is 0.485 e. The molecule has 1 aromatic carbocycles. The lowest BCUT2D eigenvalue weighted by molar-refractivity contribution is -0.126. The summed E-state index contributed by atoms with van der Waals surface area (Å²) >= 11 is 0. The maximum absolute atomic E-state index is 12.6. The summed E-state index contributed by atoms with van der Waals surface area (Å²) in [5, 5.41) is 6.21. The van der Waals surface area contributed by atoms with E-state index in [1.807, 2.05) is 42.8 Å². The highest BCUT2D eigenvalue weighted by Gasteiger charge is 2.40. The molecule has 0 saturated heterocycles. The predicted molar refractivity (Wildman–Crippen MR) is 109 cm³/mol. The van der Waals surface area contributed by atoms with Gasteiger partial charge in [-0.2, -0.15) is 0 Å². The number of aryl methyl sites for hydroxylation is 1. The van der Waals surface area contributed by atoms with Crippen LogP contribution in [0.5, 0.6) is 5.75 Å². The Hall–Kier alpha value is -2.83. The molecule has 7 heteroatoms. The van der Waals surface area contributed by atoms with Gasteiger partial charge in [0.1, 0.15) is 17.2 Å². The van der Waals surface area contributed by atoms with Crippen LogP contribution in [0.25, 0.3) is 0 Å². The number of hydrogen-bond acceptors (Lipinski definition) is 4. The molecule has 1 spiro atoms. The lowest BCUT2D eigenvalue weighted by Crippen LogP contribution is -2.51. The van der Waals surface area contributed by atoms with Gasteiger partial charge >= 0.3 is 0 Å². The number of benzene rings is 1. The fourth-order valence-corrected chi connectivity index (χ4v) is 4.23. The molecule has 29 heavy (non-hydrogen) atoms. The van der Waals surface area contributed by atoms with Gasteiger partial charge < -0.3 is 19.9 Å². The van der Waals surface area contributed by atoms with E-state index in [1.165, 1.54) is 0 Å². The van der Waals surface area contributed by atoms with Crippen molar-refractivity contribution in [1.29, 1.82) is 0 Å². The first-order chi connectivity index (χ1) is 14.0. The molecular formula is C22H28N4O3. The maximum atomic E-state index is 12.6. The van der Waals surface area contributed by atoms with E-state index in [4.69, 9.17) is 4.74 Å². The molecule has 1 aliphatic heterocycles. The van der Waals surface area contributed by atoms with Gasteiger partial charge in [0.05, 0.1) is 18.0 Å². The van der Waals surface area contributed by atoms with Gasteiger partial charge in [0.15, 0.2) is 0 Å². The number of carbonyl (C=O) groups is 2. The molecule has 1 aliphatic carbocycles. The molecular weight excluding hydrogens is 368 g/mol. The molecule has 4 rings (SSSR count). The minimum Gasteiger partial charge on any atom is -0.485 e. The van der Waals surface area contributed by atoms with Crippen molar-refractivity contribution < 1.29 is 14.3 Å². The molecule has 0 bridgehead atoms. The number of ether oxygens (including phenoxy) is 1. The number of amides is 2. The zero-order chi connectivity index (χ0) is 20.4. The Morgan fingerprint density at radius 3 is 2.86 bits per heavy atom. The van der Waals surface area contributed by atoms with Crippen molar-refractivity contribution in [1.82, 2.24) is 20.2 Å². The van der Waals surface area contributed by atoms with Gasteiger partial charge in [-0.1, -0.05) is 19.1 Å². The normalized spacial score (nSPS) is 24.8. The molecule has 154 valence electrons. The van der Waals surface area contributed by atoms with E-state index < -0.39 is 5.60 Å². The van der Waals surface area contributed by atoms with E-state index in [0.29, 0.717) is 24.4 Å². The average molecular weight is 396 g/mol. The van der Waals surface area contributed by atoms with Crippen molar-refractivity contribution in [2.24, 2.45) is 5.92 Å². The van der Waals surface area contributed by atoms with Gasteiger partial charge in [0.2, 0.25) is 5.91 Å².